The van der Waals surface area contributed by atoms with Crippen molar-refractivity contribution in [1.29, 1.82) is 0 Å². The van der Waals surface area contributed by atoms with Crippen LogP contribution in [0.2, 0.25) is 0 Å². The zero-order valence-corrected chi connectivity index (χ0v) is 17.1. The molecule has 0 bridgehead atoms. The Morgan fingerprint density at radius 1 is 1.00 bits per heavy atom. The lowest BCUT2D eigenvalue weighted by Crippen LogP contribution is -2.27. The Bertz CT molecular complexity index is 648. The van der Waals surface area contributed by atoms with Gasteiger partial charge in [-0.05, 0) is 45.6 Å². The summed E-state index contributed by atoms with van der Waals surface area (Å²) >= 11 is 0. The van der Waals surface area contributed by atoms with Gasteiger partial charge in [-0.2, -0.15) is 0 Å². The van der Waals surface area contributed by atoms with Gasteiger partial charge in [0.2, 0.25) is 0 Å². The third-order valence-electron chi connectivity index (χ3n) is 3.84. The Kier molecular flexibility index (Phi) is 8.21. The fourth-order valence-corrected chi connectivity index (χ4v) is 2.36. The second-order valence-electron chi connectivity index (χ2n) is 6.11. The molecule has 0 aliphatic carbocycles. The highest BCUT2D eigenvalue weighted by molar-refractivity contribution is 14.0. The Balaban J connectivity index is 0.00000288. The molecule has 0 radical (unpaired) electrons. The first-order valence-electron chi connectivity index (χ1n) is 7.82. The van der Waals surface area contributed by atoms with Crippen LogP contribution in [0.3, 0.4) is 0 Å². The number of nitrogens with two attached hydrogens (primary N) is 1. The minimum absolute atomic E-state index is 0. The quantitative estimate of drug-likeness (QED) is 0.422. The molecule has 0 spiro atoms. The molecule has 1 atom stereocenters. The Labute approximate surface area is 162 Å². The van der Waals surface area contributed by atoms with Crippen LogP contribution in [0.25, 0.3) is 0 Å². The van der Waals surface area contributed by atoms with Gasteiger partial charge in [0.05, 0.1) is 12.6 Å². The summed E-state index contributed by atoms with van der Waals surface area (Å²) in [7, 11) is 4.12. The van der Waals surface area contributed by atoms with Crippen molar-refractivity contribution in [2.75, 3.05) is 26.0 Å². The average Bonchev–Trinajstić information content (AvgIpc) is 2.51. The van der Waals surface area contributed by atoms with Crippen LogP contribution in [0.15, 0.2) is 53.5 Å². The van der Waals surface area contributed by atoms with E-state index in [2.05, 4.69) is 67.4 Å². The van der Waals surface area contributed by atoms with Gasteiger partial charge in [-0.15, -0.1) is 24.0 Å². The maximum absolute atomic E-state index is 6.01. The van der Waals surface area contributed by atoms with Crippen LogP contribution in [0.1, 0.15) is 22.7 Å². The smallest absolute Gasteiger partial charge is 0.193 e. The summed E-state index contributed by atoms with van der Waals surface area (Å²) < 4.78 is 0. The summed E-state index contributed by atoms with van der Waals surface area (Å²) in [6, 6.07) is 16.9. The van der Waals surface area contributed by atoms with Gasteiger partial charge >= 0.3 is 0 Å². The summed E-state index contributed by atoms with van der Waals surface area (Å²) in [5.41, 5.74) is 10.7. The second-order valence-corrected chi connectivity index (χ2v) is 6.11. The van der Waals surface area contributed by atoms with E-state index in [-0.39, 0.29) is 30.0 Å². The number of anilines is 1. The van der Waals surface area contributed by atoms with Crippen molar-refractivity contribution >= 4 is 35.6 Å². The molecule has 1 unspecified atom stereocenters. The van der Waals surface area contributed by atoms with Gasteiger partial charge in [0, 0.05) is 5.69 Å². The monoisotopic (exact) mass is 438 g/mol. The number of hydrogen-bond donors (Lipinski definition) is 2. The van der Waals surface area contributed by atoms with Crippen molar-refractivity contribution in [3.63, 3.8) is 0 Å². The van der Waals surface area contributed by atoms with E-state index in [0.717, 1.165) is 5.69 Å². The maximum Gasteiger partial charge on any atom is 0.193 e. The third-order valence-corrected chi connectivity index (χ3v) is 3.84. The van der Waals surface area contributed by atoms with Crippen molar-refractivity contribution in [3.05, 3.63) is 65.2 Å². The summed E-state index contributed by atoms with van der Waals surface area (Å²) in [5, 5.41) is 3.13. The van der Waals surface area contributed by atoms with Crippen LogP contribution < -0.4 is 11.1 Å². The van der Waals surface area contributed by atoms with E-state index in [1.165, 1.54) is 16.7 Å². The molecule has 5 heteroatoms. The second kappa shape index (κ2) is 9.64. The first-order chi connectivity index (χ1) is 11.0. The highest BCUT2D eigenvalue weighted by atomic mass is 127. The maximum atomic E-state index is 6.01. The van der Waals surface area contributed by atoms with Crippen molar-refractivity contribution in [3.8, 4) is 0 Å². The Morgan fingerprint density at radius 2 is 1.50 bits per heavy atom. The van der Waals surface area contributed by atoms with Crippen LogP contribution in [-0.4, -0.2) is 31.5 Å². The molecular formula is C19H27IN4. The summed E-state index contributed by atoms with van der Waals surface area (Å²) in [5.74, 6) is 0.438. The summed E-state index contributed by atoms with van der Waals surface area (Å²) in [6.45, 7) is 4.77. The van der Waals surface area contributed by atoms with Gasteiger partial charge in [-0.3, -0.25) is 4.99 Å². The highest BCUT2D eigenvalue weighted by Gasteiger charge is 2.13. The van der Waals surface area contributed by atoms with E-state index < -0.39 is 0 Å². The third kappa shape index (κ3) is 6.13. The molecule has 0 saturated heterocycles. The minimum atomic E-state index is 0. The largest absolute Gasteiger partial charge is 0.370 e. The number of benzene rings is 2. The van der Waals surface area contributed by atoms with Gasteiger partial charge in [-0.25, -0.2) is 0 Å². The topological polar surface area (TPSA) is 53.6 Å². The molecule has 0 aromatic heterocycles. The number of nitrogens with zero attached hydrogens (tertiary/aromatic N) is 2. The molecule has 2 rings (SSSR count). The van der Waals surface area contributed by atoms with Crippen LogP contribution in [-0.2, 0) is 0 Å². The number of guanidine groups is 1. The van der Waals surface area contributed by atoms with Gasteiger partial charge in [0.25, 0.3) is 0 Å². The molecule has 0 amide bonds. The number of nitrogens with one attached hydrogen (secondary N) is 1. The lowest BCUT2D eigenvalue weighted by atomic mass is 10.0. The van der Waals surface area contributed by atoms with E-state index >= 15 is 0 Å². The van der Waals surface area contributed by atoms with Crippen molar-refractivity contribution in [2.45, 2.75) is 19.9 Å². The fourth-order valence-electron chi connectivity index (χ4n) is 2.36. The lowest BCUT2D eigenvalue weighted by Gasteiger charge is -2.23. The zero-order valence-electron chi connectivity index (χ0n) is 14.8. The van der Waals surface area contributed by atoms with Crippen molar-refractivity contribution in [1.82, 2.24) is 4.90 Å². The van der Waals surface area contributed by atoms with Gasteiger partial charge in [0.1, 0.15) is 0 Å². The van der Waals surface area contributed by atoms with E-state index in [1.807, 2.05) is 24.3 Å². The predicted molar refractivity (Wildman–Crippen MR) is 114 cm³/mol. The SMILES string of the molecule is Cc1ccc(NC(N)=NCC(c2ccc(C)cc2)N(C)C)cc1.I. The molecule has 130 valence electrons. The van der Waals surface area contributed by atoms with Crippen molar-refractivity contribution in [2.24, 2.45) is 10.7 Å². The molecular weight excluding hydrogens is 411 g/mol. The van der Waals surface area contributed by atoms with Crippen molar-refractivity contribution < 1.29 is 0 Å². The van der Waals surface area contributed by atoms with Crippen LogP contribution in [0.4, 0.5) is 5.69 Å². The van der Waals surface area contributed by atoms with E-state index in [4.69, 9.17) is 5.73 Å². The first kappa shape index (κ1) is 20.4. The number of likely N-dealkylation sites (N-methyl/N-ethyl adjacent to an activating group) is 1. The Hall–Kier alpha value is -1.60. The lowest BCUT2D eigenvalue weighted by molar-refractivity contribution is 0.306. The predicted octanol–water partition coefficient (Wildman–Crippen LogP) is 3.95. The molecule has 3 N–H and O–H groups in total. The van der Waals surface area contributed by atoms with Gasteiger partial charge < -0.3 is 16.0 Å². The van der Waals surface area contributed by atoms with Gasteiger partial charge in [0.15, 0.2) is 5.96 Å². The normalized spacial score (nSPS) is 12.6. The fraction of sp³-hybridized carbons (Fsp3) is 0.316. The van der Waals surface area contributed by atoms with E-state index in [0.29, 0.717) is 12.5 Å². The molecule has 0 aliphatic heterocycles. The molecule has 0 aliphatic rings. The van der Waals surface area contributed by atoms with Crippen LogP contribution >= 0.6 is 24.0 Å². The number of halogens is 1. The molecule has 0 fully saturated rings. The minimum Gasteiger partial charge on any atom is -0.370 e. The number of hydrogen-bond acceptors (Lipinski definition) is 2. The Morgan fingerprint density at radius 3 is 2.00 bits per heavy atom. The summed E-state index contributed by atoms with van der Waals surface area (Å²) in [6.07, 6.45) is 0. The van der Waals surface area contributed by atoms with Crippen LogP contribution in [0, 0.1) is 13.8 Å². The molecule has 2 aromatic carbocycles. The number of aliphatic imine (C=N–C) groups is 1. The highest BCUT2D eigenvalue weighted by Crippen LogP contribution is 2.19. The average molecular weight is 438 g/mol. The molecule has 4 nitrogen and oxygen atoms in total. The van der Waals surface area contributed by atoms with E-state index in [9.17, 15) is 0 Å². The number of aryl methyl sites for hydroxylation is 2. The van der Waals surface area contributed by atoms with E-state index in [1.54, 1.807) is 0 Å². The molecule has 0 heterocycles. The zero-order chi connectivity index (χ0) is 16.8. The molecule has 24 heavy (non-hydrogen) atoms. The first-order valence-corrected chi connectivity index (χ1v) is 7.82. The summed E-state index contributed by atoms with van der Waals surface area (Å²) in [4.78, 5) is 6.66. The molecule has 0 saturated carbocycles. The molecule has 2 aromatic rings. The standard InChI is InChI=1S/C19H26N4.HI/c1-14-5-9-16(10-6-14)18(23(3)4)13-21-19(20)22-17-11-7-15(2)8-12-17;/h5-12,18H,13H2,1-4H3,(H3,20,21,22);1H. The number of rotatable bonds is 5. The van der Waals surface area contributed by atoms with Gasteiger partial charge in [-0.1, -0.05) is 47.5 Å². The van der Waals surface area contributed by atoms with Crippen LogP contribution in [0.5, 0.6) is 0 Å².